The van der Waals surface area contributed by atoms with Gasteiger partial charge in [0.15, 0.2) is 6.61 Å². The molecular weight excluding hydrogens is 317 g/mol. The summed E-state index contributed by atoms with van der Waals surface area (Å²) in [5.74, 6) is 0.494. The molecule has 0 atom stereocenters. The molecule has 2 aromatic rings. The molecule has 6 heteroatoms. The number of hydrogen-bond acceptors (Lipinski definition) is 4. The van der Waals surface area contributed by atoms with E-state index in [9.17, 15) is 4.79 Å². The minimum atomic E-state index is -0.398. The van der Waals surface area contributed by atoms with Crippen molar-refractivity contribution in [2.45, 2.75) is 38.9 Å². The molecule has 0 unspecified atom stereocenters. The van der Waals surface area contributed by atoms with Gasteiger partial charge in [0.1, 0.15) is 5.75 Å². The predicted molar refractivity (Wildman–Crippen MR) is 99.2 cm³/mol. The molecule has 0 aromatic heterocycles. The van der Waals surface area contributed by atoms with Crippen LogP contribution in [-0.4, -0.2) is 37.9 Å². The molecule has 0 bridgehead atoms. The summed E-state index contributed by atoms with van der Waals surface area (Å²) in [6.07, 6.45) is 0. The van der Waals surface area contributed by atoms with Gasteiger partial charge in [0.25, 0.3) is 5.91 Å². The lowest BCUT2D eigenvalue weighted by atomic mass is 9.78. The Morgan fingerprint density at radius 1 is 1.04 bits per heavy atom. The SMILES string of the molecule is CNC(=O)COc1ccc2ccc(B3OC(C)(C)C(C)(C)O3)cc2c1. The number of likely N-dealkylation sites (N-methyl/N-ethyl adjacent to an activating group) is 1. The first-order valence-corrected chi connectivity index (χ1v) is 8.44. The van der Waals surface area contributed by atoms with Crippen LogP contribution in [0, 0.1) is 0 Å². The minimum Gasteiger partial charge on any atom is -0.484 e. The monoisotopic (exact) mass is 341 g/mol. The second-order valence-corrected chi connectivity index (χ2v) is 7.32. The third-order valence-corrected chi connectivity index (χ3v) is 5.01. The first-order valence-electron chi connectivity index (χ1n) is 8.44. The van der Waals surface area contributed by atoms with Crippen LogP contribution in [0.25, 0.3) is 10.8 Å². The summed E-state index contributed by atoms with van der Waals surface area (Å²) >= 11 is 0. The smallest absolute Gasteiger partial charge is 0.484 e. The molecule has 1 aliphatic rings. The highest BCUT2D eigenvalue weighted by atomic mass is 16.7. The van der Waals surface area contributed by atoms with Crippen molar-refractivity contribution in [3.63, 3.8) is 0 Å². The van der Waals surface area contributed by atoms with Crippen LogP contribution in [0.2, 0.25) is 0 Å². The molecule has 1 fully saturated rings. The third-order valence-electron chi connectivity index (χ3n) is 5.01. The Kier molecular flexibility index (Phi) is 4.52. The van der Waals surface area contributed by atoms with E-state index in [0.29, 0.717) is 5.75 Å². The average Bonchev–Trinajstić information content (AvgIpc) is 2.79. The number of carbonyl (C=O) groups is 1. The van der Waals surface area contributed by atoms with E-state index in [0.717, 1.165) is 16.2 Å². The summed E-state index contributed by atoms with van der Waals surface area (Å²) in [5.41, 5.74) is 0.227. The molecule has 0 saturated carbocycles. The molecule has 1 heterocycles. The molecule has 0 radical (unpaired) electrons. The predicted octanol–water partition coefficient (Wildman–Crippen LogP) is 2.26. The van der Waals surface area contributed by atoms with Crippen molar-refractivity contribution in [3.8, 4) is 5.75 Å². The lowest BCUT2D eigenvalue weighted by Gasteiger charge is -2.32. The van der Waals surface area contributed by atoms with Crippen LogP contribution in [0.4, 0.5) is 0 Å². The van der Waals surface area contributed by atoms with Gasteiger partial charge >= 0.3 is 7.12 Å². The van der Waals surface area contributed by atoms with Gasteiger partial charge in [0, 0.05) is 7.05 Å². The van der Waals surface area contributed by atoms with Gasteiger partial charge in [-0.15, -0.1) is 0 Å². The van der Waals surface area contributed by atoms with Crippen LogP contribution < -0.4 is 15.5 Å². The van der Waals surface area contributed by atoms with Gasteiger partial charge in [-0.2, -0.15) is 0 Å². The lowest BCUT2D eigenvalue weighted by Crippen LogP contribution is -2.41. The number of rotatable bonds is 4. The summed E-state index contributed by atoms with van der Waals surface area (Å²) in [5, 5.41) is 4.64. The normalized spacial score (nSPS) is 18.4. The Morgan fingerprint density at radius 2 is 1.68 bits per heavy atom. The van der Waals surface area contributed by atoms with Crippen molar-refractivity contribution in [1.29, 1.82) is 0 Å². The van der Waals surface area contributed by atoms with E-state index in [1.54, 1.807) is 7.05 Å². The van der Waals surface area contributed by atoms with Crippen molar-refractivity contribution in [3.05, 3.63) is 36.4 Å². The molecule has 3 rings (SSSR count). The first-order chi connectivity index (χ1) is 11.7. The third kappa shape index (κ3) is 3.50. The minimum absolute atomic E-state index is 0.00107. The Balaban J connectivity index is 1.85. The van der Waals surface area contributed by atoms with Crippen molar-refractivity contribution in [2.75, 3.05) is 13.7 Å². The second kappa shape index (κ2) is 6.35. The summed E-state index contributed by atoms with van der Waals surface area (Å²) in [4.78, 5) is 11.3. The molecule has 0 spiro atoms. The molecule has 25 heavy (non-hydrogen) atoms. The number of nitrogens with one attached hydrogen (secondary N) is 1. The molecule has 5 nitrogen and oxygen atoms in total. The highest BCUT2D eigenvalue weighted by Gasteiger charge is 2.51. The summed E-state index contributed by atoms with van der Waals surface area (Å²) in [6.45, 7) is 8.16. The Labute approximate surface area is 148 Å². The molecule has 132 valence electrons. The van der Waals surface area contributed by atoms with Crippen molar-refractivity contribution in [2.24, 2.45) is 0 Å². The van der Waals surface area contributed by atoms with E-state index in [2.05, 4.69) is 5.32 Å². The van der Waals surface area contributed by atoms with Crippen LogP contribution in [0.3, 0.4) is 0 Å². The lowest BCUT2D eigenvalue weighted by molar-refractivity contribution is -0.122. The van der Waals surface area contributed by atoms with Gasteiger partial charge < -0.3 is 19.4 Å². The van der Waals surface area contributed by atoms with Crippen molar-refractivity contribution in [1.82, 2.24) is 5.32 Å². The largest absolute Gasteiger partial charge is 0.494 e. The van der Waals surface area contributed by atoms with E-state index in [1.165, 1.54) is 0 Å². The number of carbonyl (C=O) groups excluding carboxylic acids is 1. The molecule has 1 saturated heterocycles. The van der Waals surface area contributed by atoms with Crippen LogP contribution in [-0.2, 0) is 14.1 Å². The summed E-state index contributed by atoms with van der Waals surface area (Å²) in [6, 6.07) is 11.9. The van der Waals surface area contributed by atoms with Gasteiger partial charge in [-0.3, -0.25) is 4.79 Å². The van der Waals surface area contributed by atoms with Crippen LogP contribution in [0.15, 0.2) is 36.4 Å². The molecule has 2 aromatic carbocycles. The maximum atomic E-state index is 11.3. The summed E-state index contributed by atoms with van der Waals surface area (Å²) < 4.78 is 17.8. The van der Waals surface area contributed by atoms with Gasteiger partial charge in [-0.25, -0.2) is 0 Å². The number of hydrogen-bond donors (Lipinski definition) is 1. The zero-order valence-electron chi connectivity index (χ0n) is 15.4. The Hall–Kier alpha value is -2.05. The topological polar surface area (TPSA) is 56.8 Å². The fourth-order valence-corrected chi connectivity index (χ4v) is 2.68. The highest BCUT2D eigenvalue weighted by molar-refractivity contribution is 6.62. The molecular formula is C19H24BNO4. The zero-order chi connectivity index (χ0) is 18.2. The Morgan fingerprint density at radius 3 is 2.32 bits per heavy atom. The second-order valence-electron chi connectivity index (χ2n) is 7.32. The van der Waals surface area contributed by atoms with Crippen LogP contribution in [0.5, 0.6) is 5.75 Å². The summed E-state index contributed by atoms with van der Waals surface area (Å²) in [7, 11) is 1.19. The van der Waals surface area contributed by atoms with E-state index < -0.39 is 7.12 Å². The van der Waals surface area contributed by atoms with E-state index in [1.807, 2.05) is 64.1 Å². The fraction of sp³-hybridized carbons (Fsp3) is 0.421. The first kappa shape index (κ1) is 17.8. The maximum Gasteiger partial charge on any atom is 0.494 e. The quantitative estimate of drug-likeness (QED) is 0.867. The van der Waals surface area contributed by atoms with Gasteiger partial charge in [-0.05, 0) is 56.1 Å². The molecule has 1 N–H and O–H groups in total. The van der Waals surface area contributed by atoms with Gasteiger partial charge in [-0.1, -0.05) is 24.3 Å². The Bertz CT molecular complexity index is 787. The number of ether oxygens (including phenoxy) is 1. The number of fused-ring (bicyclic) bond motifs is 1. The number of benzene rings is 2. The van der Waals surface area contributed by atoms with Gasteiger partial charge in [0.05, 0.1) is 11.2 Å². The van der Waals surface area contributed by atoms with Crippen molar-refractivity contribution < 1.29 is 18.8 Å². The van der Waals surface area contributed by atoms with E-state index >= 15 is 0 Å². The van der Waals surface area contributed by atoms with E-state index in [4.69, 9.17) is 14.0 Å². The van der Waals surface area contributed by atoms with Gasteiger partial charge in [0.2, 0.25) is 0 Å². The van der Waals surface area contributed by atoms with E-state index in [-0.39, 0.29) is 23.7 Å². The average molecular weight is 341 g/mol. The molecule has 0 aliphatic carbocycles. The fourth-order valence-electron chi connectivity index (χ4n) is 2.68. The highest BCUT2D eigenvalue weighted by Crippen LogP contribution is 2.36. The number of amides is 1. The van der Waals surface area contributed by atoms with Crippen LogP contribution >= 0.6 is 0 Å². The van der Waals surface area contributed by atoms with Crippen molar-refractivity contribution >= 4 is 29.3 Å². The maximum absolute atomic E-state index is 11.3. The van der Waals surface area contributed by atoms with Crippen LogP contribution in [0.1, 0.15) is 27.7 Å². The standard InChI is InChI=1S/C19H24BNO4/c1-18(2)19(3,4)25-20(24-18)15-8-6-13-7-9-16(11-14(13)10-15)23-12-17(22)21-5/h6-11H,12H2,1-5H3,(H,21,22). The molecule has 1 aliphatic heterocycles. The molecule has 1 amide bonds. The zero-order valence-corrected chi connectivity index (χ0v) is 15.4.